The lowest BCUT2D eigenvalue weighted by atomic mass is 10.1. The van der Waals surface area contributed by atoms with Crippen molar-refractivity contribution in [1.29, 1.82) is 0 Å². The van der Waals surface area contributed by atoms with Crippen LogP contribution in [0.15, 0.2) is 54.7 Å². The standard InChI is InChI=1S/C21H21NO5S/c1-26-18-9-5-8-17-21(18)16(12-27-20(25)14-28-13-19(23)24)11-22(17)10-15-6-3-2-4-7-15/h2-9,11H,10,12-14H2,1H3,(H,23,24). The topological polar surface area (TPSA) is 77.8 Å². The first-order valence-electron chi connectivity index (χ1n) is 8.72. The van der Waals surface area contributed by atoms with Crippen molar-refractivity contribution in [2.24, 2.45) is 0 Å². The smallest absolute Gasteiger partial charge is 0.316 e. The van der Waals surface area contributed by atoms with Gasteiger partial charge < -0.3 is 19.1 Å². The molecular weight excluding hydrogens is 378 g/mol. The maximum absolute atomic E-state index is 11.9. The lowest BCUT2D eigenvalue weighted by molar-refractivity contribution is -0.141. The lowest BCUT2D eigenvalue weighted by Crippen LogP contribution is -2.09. The van der Waals surface area contributed by atoms with Gasteiger partial charge in [0, 0.05) is 23.7 Å². The first-order valence-corrected chi connectivity index (χ1v) is 9.87. The number of hydrogen-bond acceptors (Lipinski definition) is 5. The van der Waals surface area contributed by atoms with E-state index in [1.807, 2.05) is 42.6 Å². The van der Waals surface area contributed by atoms with Crippen LogP contribution in [0, 0.1) is 0 Å². The molecule has 0 aliphatic carbocycles. The van der Waals surface area contributed by atoms with Crippen molar-refractivity contribution in [2.75, 3.05) is 18.6 Å². The Morgan fingerprint density at radius 1 is 1.07 bits per heavy atom. The summed E-state index contributed by atoms with van der Waals surface area (Å²) in [6.45, 7) is 0.790. The van der Waals surface area contributed by atoms with Gasteiger partial charge in [-0.25, -0.2) is 0 Å². The molecule has 0 amide bonds. The van der Waals surface area contributed by atoms with Crippen LogP contribution in [0.1, 0.15) is 11.1 Å². The van der Waals surface area contributed by atoms with Gasteiger partial charge in [-0.05, 0) is 17.7 Å². The predicted octanol–water partition coefficient (Wildman–Crippen LogP) is 3.56. The van der Waals surface area contributed by atoms with Gasteiger partial charge in [-0.2, -0.15) is 0 Å². The minimum Gasteiger partial charge on any atom is -0.496 e. The van der Waals surface area contributed by atoms with E-state index in [1.54, 1.807) is 7.11 Å². The number of benzene rings is 2. The molecule has 3 aromatic rings. The van der Waals surface area contributed by atoms with Gasteiger partial charge in [0.1, 0.15) is 12.4 Å². The SMILES string of the molecule is COc1cccc2c1c(COC(=O)CSCC(=O)O)cn2Cc1ccccc1. The molecule has 1 heterocycles. The summed E-state index contributed by atoms with van der Waals surface area (Å²) in [5.41, 5.74) is 3.00. The fourth-order valence-electron chi connectivity index (χ4n) is 3.02. The Balaban J connectivity index is 1.81. The number of thioether (sulfide) groups is 1. The fourth-order valence-corrected chi connectivity index (χ4v) is 3.54. The molecule has 0 saturated heterocycles. The van der Waals surface area contributed by atoms with Crippen molar-refractivity contribution in [2.45, 2.75) is 13.2 Å². The Labute approximate surface area is 167 Å². The number of aromatic nitrogens is 1. The number of methoxy groups -OCH3 is 1. The highest BCUT2D eigenvalue weighted by Crippen LogP contribution is 2.31. The first-order chi connectivity index (χ1) is 13.6. The van der Waals surface area contributed by atoms with E-state index in [2.05, 4.69) is 16.7 Å². The van der Waals surface area contributed by atoms with E-state index in [0.717, 1.165) is 39.5 Å². The molecule has 6 nitrogen and oxygen atoms in total. The van der Waals surface area contributed by atoms with Gasteiger partial charge in [0.15, 0.2) is 0 Å². The van der Waals surface area contributed by atoms with Crippen LogP contribution in [0.25, 0.3) is 10.9 Å². The zero-order chi connectivity index (χ0) is 19.9. The summed E-state index contributed by atoms with van der Waals surface area (Å²) in [5, 5.41) is 9.55. The Morgan fingerprint density at radius 2 is 1.86 bits per heavy atom. The summed E-state index contributed by atoms with van der Waals surface area (Å²) in [4.78, 5) is 22.5. The summed E-state index contributed by atoms with van der Waals surface area (Å²) in [6, 6.07) is 15.9. The van der Waals surface area contributed by atoms with E-state index < -0.39 is 11.9 Å². The van der Waals surface area contributed by atoms with Crippen LogP contribution in [0.2, 0.25) is 0 Å². The van der Waals surface area contributed by atoms with Crippen LogP contribution in [0.3, 0.4) is 0 Å². The normalized spacial score (nSPS) is 10.8. The Bertz CT molecular complexity index is 968. The van der Waals surface area contributed by atoms with Crippen LogP contribution in [-0.4, -0.2) is 40.2 Å². The largest absolute Gasteiger partial charge is 0.496 e. The van der Waals surface area contributed by atoms with Crippen molar-refractivity contribution < 1.29 is 24.2 Å². The number of hydrogen-bond donors (Lipinski definition) is 1. The maximum Gasteiger partial charge on any atom is 0.316 e. The van der Waals surface area contributed by atoms with Crippen LogP contribution in [0.4, 0.5) is 0 Å². The molecule has 0 spiro atoms. The van der Waals surface area contributed by atoms with Crippen LogP contribution in [0.5, 0.6) is 5.75 Å². The zero-order valence-electron chi connectivity index (χ0n) is 15.5. The Hall–Kier alpha value is -2.93. The second-order valence-electron chi connectivity index (χ2n) is 6.17. The van der Waals surface area contributed by atoms with Crippen LogP contribution < -0.4 is 4.74 Å². The second kappa shape index (κ2) is 9.32. The first kappa shape index (κ1) is 19.8. The number of aliphatic carboxylic acids is 1. The number of carboxylic acid groups (broad SMARTS) is 1. The molecule has 0 atom stereocenters. The lowest BCUT2D eigenvalue weighted by Gasteiger charge is -2.07. The molecule has 0 aliphatic heterocycles. The molecule has 28 heavy (non-hydrogen) atoms. The summed E-state index contributed by atoms with van der Waals surface area (Å²) in [7, 11) is 1.61. The summed E-state index contributed by atoms with van der Waals surface area (Å²) >= 11 is 1.02. The van der Waals surface area contributed by atoms with Crippen molar-refractivity contribution in [3.63, 3.8) is 0 Å². The molecule has 0 aliphatic rings. The number of carbonyl (C=O) groups is 2. The van der Waals surface area contributed by atoms with Gasteiger partial charge in [0.2, 0.25) is 0 Å². The number of nitrogens with zero attached hydrogens (tertiary/aromatic N) is 1. The molecule has 2 aromatic carbocycles. The van der Waals surface area contributed by atoms with Crippen LogP contribution >= 0.6 is 11.8 Å². The molecule has 0 bridgehead atoms. The quantitative estimate of drug-likeness (QED) is 0.555. The summed E-state index contributed by atoms with van der Waals surface area (Å²) in [6.07, 6.45) is 1.97. The third-order valence-corrected chi connectivity index (χ3v) is 5.09. The van der Waals surface area contributed by atoms with Gasteiger partial charge in [-0.1, -0.05) is 36.4 Å². The molecular formula is C21H21NO5S. The van der Waals surface area contributed by atoms with Gasteiger partial charge in [-0.3, -0.25) is 9.59 Å². The van der Waals surface area contributed by atoms with E-state index in [1.165, 1.54) is 0 Å². The van der Waals surface area contributed by atoms with Gasteiger partial charge in [0.25, 0.3) is 0 Å². The number of carbonyl (C=O) groups excluding carboxylic acids is 1. The highest BCUT2D eigenvalue weighted by molar-refractivity contribution is 8.00. The minimum absolute atomic E-state index is 0.00604. The zero-order valence-corrected chi connectivity index (χ0v) is 16.3. The van der Waals surface area contributed by atoms with Crippen molar-refractivity contribution >= 4 is 34.6 Å². The Kier molecular flexibility index (Phi) is 6.60. The molecule has 1 aromatic heterocycles. The van der Waals surface area contributed by atoms with Gasteiger partial charge >= 0.3 is 11.9 Å². The highest BCUT2D eigenvalue weighted by Gasteiger charge is 2.15. The average Bonchev–Trinajstić information content (AvgIpc) is 3.04. The van der Waals surface area contributed by atoms with Crippen LogP contribution in [-0.2, 0) is 27.5 Å². The van der Waals surface area contributed by atoms with E-state index in [0.29, 0.717) is 6.54 Å². The van der Waals surface area contributed by atoms with Crippen molar-refractivity contribution in [1.82, 2.24) is 4.57 Å². The Morgan fingerprint density at radius 3 is 2.57 bits per heavy atom. The van der Waals surface area contributed by atoms with E-state index in [4.69, 9.17) is 14.6 Å². The van der Waals surface area contributed by atoms with Crippen molar-refractivity contribution in [3.8, 4) is 5.75 Å². The molecule has 0 fully saturated rings. The molecule has 0 radical (unpaired) electrons. The monoisotopic (exact) mass is 399 g/mol. The number of ether oxygens (including phenoxy) is 2. The van der Waals surface area contributed by atoms with Crippen molar-refractivity contribution in [3.05, 3.63) is 65.9 Å². The fraction of sp³-hybridized carbons (Fsp3) is 0.238. The molecule has 1 N–H and O–H groups in total. The molecule has 7 heteroatoms. The highest BCUT2D eigenvalue weighted by atomic mass is 32.2. The second-order valence-corrected chi connectivity index (χ2v) is 7.16. The minimum atomic E-state index is -0.952. The van der Waals surface area contributed by atoms with E-state index >= 15 is 0 Å². The third kappa shape index (κ3) is 4.86. The molecule has 0 unspecified atom stereocenters. The number of carboxylic acids is 1. The summed E-state index contributed by atoms with van der Waals surface area (Å²) < 4.78 is 13.0. The number of rotatable bonds is 9. The van der Waals surface area contributed by atoms with Gasteiger partial charge in [-0.15, -0.1) is 11.8 Å². The number of fused-ring (bicyclic) bond motifs is 1. The predicted molar refractivity (Wildman–Crippen MR) is 109 cm³/mol. The summed E-state index contributed by atoms with van der Waals surface area (Å²) in [5.74, 6) is -0.793. The maximum atomic E-state index is 11.9. The molecule has 3 rings (SSSR count). The van der Waals surface area contributed by atoms with Gasteiger partial charge in [0.05, 0.1) is 24.1 Å². The van der Waals surface area contributed by atoms with E-state index in [-0.39, 0.29) is 18.1 Å². The number of esters is 1. The average molecular weight is 399 g/mol. The molecule has 0 saturated carbocycles. The molecule has 146 valence electrons. The van der Waals surface area contributed by atoms with E-state index in [9.17, 15) is 9.59 Å². The third-order valence-electron chi connectivity index (χ3n) is 4.20.